The zero-order valence-electron chi connectivity index (χ0n) is 15.5. The normalized spacial score (nSPS) is 11.5. The van der Waals surface area contributed by atoms with Crippen molar-refractivity contribution >= 4 is 24.0 Å². The van der Waals surface area contributed by atoms with Gasteiger partial charge in [-0.2, -0.15) is 5.10 Å². The summed E-state index contributed by atoms with van der Waals surface area (Å²) in [5.41, 5.74) is 7.95. The number of aromatic amines is 1. The van der Waals surface area contributed by atoms with E-state index >= 15 is 0 Å². The van der Waals surface area contributed by atoms with Crippen LogP contribution in [0.5, 0.6) is 0 Å². The van der Waals surface area contributed by atoms with Crippen LogP contribution in [0.3, 0.4) is 0 Å². The van der Waals surface area contributed by atoms with E-state index < -0.39 is 0 Å². The van der Waals surface area contributed by atoms with Crippen LogP contribution in [-0.4, -0.2) is 21.1 Å². The molecule has 1 atom stereocenters. The van der Waals surface area contributed by atoms with Crippen molar-refractivity contribution < 1.29 is 9.18 Å². The van der Waals surface area contributed by atoms with Gasteiger partial charge in [0.2, 0.25) is 5.91 Å². The molecule has 4 N–H and O–H groups in total. The number of benzene rings is 2. The number of carbonyl (C=O) groups is 1. The SMILES string of the molecule is CC(CC(=O)Nc1ccc(-c2n[nH]c(CN)n2)cc1)Cc1cccc(F)c1.Cl. The molecule has 0 bridgehead atoms. The fourth-order valence-electron chi connectivity index (χ4n) is 2.89. The molecule has 28 heavy (non-hydrogen) atoms. The number of amides is 1. The van der Waals surface area contributed by atoms with Crippen molar-refractivity contribution in [2.45, 2.75) is 26.3 Å². The highest BCUT2D eigenvalue weighted by molar-refractivity contribution is 5.91. The Balaban J connectivity index is 0.00000280. The largest absolute Gasteiger partial charge is 0.326 e. The number of nitrogens with two attached hydrogens (primary N) is 1. The molecular formula is C20H23ClFN5O. The molecule has 3 rings (SSSR count). The molecule has 1 amide bonds. The Morgan fingerprint density at radius 1 is 1.25 bits per heavy atom. The summed E-state index contributed by atoms with van der Waals surface area (Å²) >= 11 is 0. The van der Waals surface area contributed by atoms with Crippen molar-refractivity contribution in [2.24, 2.45) is 11.7 Å². The first-order valence-corrected chi connectivity index (χ1v) is 8.79. The lowest BCUT2D eigenvalue weighted by molar-refractivity contribution is -0.116. The smallest absolute Gasteiger partial charge is 0.224 e. The van der Waals surface area contributed by atoms with Crippen LogP contribution in [0.1, 0.15) is 24.7 Å². The molecule has 0 radical (unpaired) electrons. The van der Waals surface area contributed by atoms with Crippen molar-refractivity contribution in [1.29, 1.82) is 0 Å². The zero-order valence-corrected chi connectivity index (χ0v) is 16.3. The molecule has 0 aliphatic carbocycles. The Labute approximate surface area is 169 Å². The summed E-state index contributed by atoms with van der Waals surface area (Å²) in [6, 6.07) is 13.8. The molecule has 3 aromatic rings. The van der Waals surface area contributed by atoms with Gasteiger partial charge in [-0.3, -0.25) is 9.89 Å². The number of H-pyrrole nitrogens is 1. The molecule has 0 saturated carbocycles. The third-order valence-electron chi connectivity index (χ3n) is 4.16. The predicted octanol–water partition coefficient (Wildman–Crippen LogP) is 3.70. The number of aromatic nitrogens is 3. The van der Waals surface area contributed by atoms with Crippen LogP contribution in [0.4, 0.5) is 10.1 Å². The van der Waals surface area contributed by atoms with Crippen LogP contribution in [0.25, 0.3) is 11.4 Å². The van der Waals surface area contributed by atoms with E-state index in [-0.39, 0.29) is 30.0 Å². The van der Waals surface area contributed by atoms with Gasteiger partial charge in [-0.1, -0.05) is 19.1 Å². The molecule has 0 fully saturated rings. The first kappa shape index (κ1) is 21.5. The summed E-state index contributed by atoms with van der Waals surface area (Å²) in [4.78, 5) is 16.5. The second-order valence-corrected chi connectivity index (χ2v) is 6.58. The number of anilines is 1. The molecule has 1 unspecified atom stereocenters. The van der Waals surface area contributed by atoms with Gasteiger partial charge in [0.05, 0.1) is 6.54 Å². The molecule has 2 aromatic carbocycles. The third kappa shape index (κ3) is 5.87. The zero-order chi connectivity index (χ0) is 19.2. The summed E-state index contributed by atoms with van der Waals surface area (Å²) in [5.74, 6) is 0.963. The summed E-state index contributed by atoms with van der Waals surface area (Å²) in [7, 11) is 0. The van der Waals surface area contributed by atoms with Crippen molar-refractivity contribution in [3.05, 3.63) is 65.7 Å². The molecule has 0 aliphatic rings. The molecule has 1 heterocycles. The lowest BCUT2D eigenvalue weighted by atomic mass is 9.97. The minimum atomic E-state index is -0.255. The van der Waals surface area contributed by atoms with Crippen LogP contribution >= 0.6 is 12.4 Å². The van der Waals surface area contributed by atoms with Gasteiger partial charge in [0, 0.05) is 17.7 Å². The topological polar surface area (TPSA) is 96.7 Å². The van der Waals surface area contributed by atoms with Gasteiger partial charge < -0.3 is 11.1 Å². The Kier molecular flexibility index (Phi) is 7.66. The summed E-state index contributed by atoms with van der Waals surface area (Å²) in [6.07, 6.45) is 1.01. The van der Waals surface area contributed by atoms with E-state index in [0.717, 1.165) is 11.1 Å². The summed E-state index contributed by atoms with van der Waals surface area (Å²) in [6.45, 7) is 2.28. The average Bonchev–Trinajstić information content (AvgIpc) is 3.11. The van der Waals surface area contributed by atoms with Crippen LogP contribution in [0.15, 0.2) is 48.5 Å². The fourth-order valence-corrected chi connectivity index (χ4v) is 2.89. The van der Waals surface area contributed by atoms with Gasteiger partial charge in [0.25, 0.3) is 0 Å². The Hall–Kier alpha value is -2.77. The molecule has 8 heteroatoms. The minimum Gasteiger partial charge on any atom is -0.326 e. The molecule has 0 spiro atoms. The fraction of sp³-hybridized carbons (Fsp3) is 0.250. The third-order valence-corrected chi connectivity index (χ3v) is 4.16. The van der Waals surface area contributed by atoms with Crippen molar-refractivity contribution in [3.8, 4) is 11.4 Å². The quantitative estimate of drug-likeness (QED) is 0.560. The van der Waals surface area contributed by atoms with Crippen molar-refractivity contribution in [1.82, 2.24) is 15.2 Å². The number of hydrogen-bond donors (Lipinski definition) is 3. The Bertz CT molecular complexity index is 913. The number of nitrogens with zero attached hydrogens (tertiary/aromatic N) is 2. The average molecular weight is 404 g/mol. The highest BCUT2D eigenvalue weighted by Gasteiger charge is 2.11. The number of nitrogens with one attached hydrogen (secondary N) is 2. The van der Waals surface area contributed by atoms with E-state index in [1.54, 1.807) is 6.07 Å². The second-order valence-electron chi connectivity index (χ2n) is 6.58. The monoisotopic (exact) mass is 403 g/mol. The lowest BCUT2D eigenvalue weighted by Gasteiger charge is -2.12. The summed E-state index contributed by atoms with van der Waals surface area (Å²) in [5, 5.41) is 9.75. The van der Waals surface area contributed by atoms with Gasteiger partial charge in [-0.05, 0) is 54.3 Å². The van der Waals surface area contributed by atoms with E-state index in [9.17, 15) is 9.18 Å². The Morgan fingerprint density at radius 2 is 2.00 bits per heavy atom. The molecule has 148 valence electrons. The molecule has 0 aliphatic heterocycles. The van der Waals surface area contributed by atoms with Crippen molar-refractivity contribution in [3.63, 3.8) is 0 Å². The summed E-state index contributed by atoms with van der Waals surface area (Å²) < 4.78 is 13.2. The van der Waals surface area contributed by atoms with Crippen LogP contribution in [0, 0.1) is 11.7 Å². The maximum Gasteiger partial charge on any atom is 0.224 e. The van der Waals surface area contributed by atoms with Gasteiger partial charge in [0.1, 0.15) is 11.6 Å². The number of hydrogen-bond acceptors (Lipinski definition) is 4. The standard InChI is InChI=1S/C20H22FN5O.ClH/c1-13(9-14-3-2-4-16(21)11-14)10-19(27)23-17-7-5-15(6-8-17)20-24-18(12-22)25-26-20;/h2-8,11,13H,9-10,12,22H2,1H3,(H,23,27)(H,24,25,26);1H. The number of carbonyl (C=O) groups excluding carboxylic acids is 1. The predicted molar refractivity (Wildman–Crippen MR) is 109 cm³/mol. The highest BCUT2D eigenvalue weighted by Crippen LogP contribution is 2.19. The highest BCUT2D eigenvalue weighted by atomic mass is 35.5. The van der Waals surface area contributed by atoms with E-state index in [0.29, 0.717) is 36.7 Å². The maximum absolute atomic E-state index is 13.2. The molecule has 0 saturated heterocycles. The number of halogens is 2. The lowest BCUT2D eigenvalue weighted by Crippen LogP contribution is -2.16. The molecule has 6 nitrogen and oxygen atoms in total. The van der Waals surface area contributed by atoms with Gasteiger partial charge in [-0.25, -0.2) is 9.37 Å². The molecular weight excluding hydrogens is 381 g/mol. The first-order valence-electron chi connectivity index (χ1n) is 8.79. The van der Waals surface area contributed by atoms with Crippen LogP contribution in [0.2, 0.25) is 0 Å². The number of rotatable bonds is 7. The van der Waals surface area contributed by atoms with E-state index in [2.05, 4.69) is 20.5 Å². The molecule has 1 aromatic heterocycles. The van der Waals surface area contributed by atoms with Crippen LogP contribution in [-0.2, 0) is 17.8 Å². The Morgan fingerprint density at radius 3 is 2.64 bits per heavy atom. The van der Waals surface area contributed by atoms with Gasteiger partial charge in [-0.15, -0.1) is 12.4 Å². The van der Waals surface area contributed by atoms with Crippen LogP contribution < -0.4 is 11.1 Å². The van der Waals surface area contributed by atoms with E-state index in [1.807, 2.05) is 37.3 Å². The van der Waals surface area contributed by atoms with E-state index in [1.165, 1.54) is 12.1 Å². The van der Waals surface area contributed by atoms with Gasteiger partial charge in [0.15, 0.2) is 5.82 Å². The maximum atomic E-state index is 13.2. The van der Waals surface area contributed by atoms with Crippen molar-refractivity contribution in [2.75, 3.05) is 5.32 Å². The second kappa shape index (κ2) is 9.96. The minimum absolute atomic E-state index is 0. The van der Waals surface area contributed by atoms with Gasteiger partial charge >= 0.3 is 0 Å². The van der Waals surface area contributed by atoms with E-state index in [4.69, 9.17) is 5.73 Å². The first-order chi connectivity index (χ1) is 13.0.